The number of aliphatic hydroxyl groups excluding tert-OH is 2. The molecule has 6 nitrogen and oxygen atoms in total. The van der Waals surface area contributed by atoms with Crippen molar-refractivity contribution in [2.75, 3.05) is 13.2 Å². The molecule has 8 aromatic carbocycles. The quantitative estimate of drug-likeness (QED) is 0.0469. The zero-order valence-electron chi connectivity index (χ0n) is 43.6. The first-order valence-electron chi connectivity index (χ1n) is 25.2. The van der Waals surface area contributed by atoms with E-state index in [9.17, 15) is 9.59 Å². The molecule has 4 N–H and O–H groups in total. The number of rotatable bonds is 10. The van der Waals surface area contributed by atoms with Crippen LogP contribution in [-0.4, -0.2) is 45.6 Å². The molecule has 2 heterocycles. The summed E-state index contributed by atoms with van der Waals surface area (Å²) in [5.74, 6) is 8.56. The molecule has 0 saturated heterocycles. The van der Waals surface area contributed by atoms with Gasteiger partial charge < -0.3 is 20.4 Å². The van der Waals surface area contributed by atoms with E-state index in [0.717, 1.165) is 43.1 Å². The molecule has 2 saturated carbocycles. The number of fused-ring (bicyclic) bond motifs is 2. The minimum Gasteiger partial charge on any atom is -0.0622 e. The van der Waals surface area contributed by atoms with Crippen molar-refractivity contribution in [2.24, 2.45) is 23.7 Å². The van der Waals surface area contributed by atoms with Crippen LogP contribution in [0.4, 0.5) is 0 Å². The standard InChI is InChI=1S/2C18H15P.C15H12O3S.C9H5BrO2S.C6H8O.Cl2.Cu.HI.Pd/c2*1-4-10-16(11-5-1)19(17-12-6-2-7-13-17)18-14-8-3-9-15-18;16-8-12-6-10(12)3-1-9-2-4-11-7-14(15(17)18)19-13(11)5-9;10-6-2-1-5-3-8(9(11)12)13-7(5)4-6;1-2-5-3-6(5)4-7;1-2;;;/h2*1-15H;2,4-5,7,10,12,16H,6,8H2,(H,17,18);1-4H,(H,11,12);1,5-7H,3-4H2;;;1H;/q;;;;;;+1;;/p-1/t;;10-,12+;;5-,6+;;;;/m..0.0..../s1. The van der Waals surface area contributed by atoms with Gasteiger partial charge in [-0.05, 0) is 120 Å². The Balaban J connectivity index is 0.000000189. The summed E-state index contributed by atoms with van der Waals surface area (Å²) in [7, 11) is 7.33. The number of halogens is 4. The van der Waals surface area contributed by atoms with Gasteiger partial charge >= 0.3 is 45.0 Å². The van der Waals surface area contributed by atoms with Crippen LogP contribution in [0.2, 0.25) is 0 Å². The summed E-state index contributed by atoms with van der Waals surface area (Å²) >= 11 is 11.8. The predicted molar refractivity (Wildman–Crippen MR) is 354 cm³/mol. The van der Waals surface area contributed by atoms with Gasteiger partial charge in [0.1, 0.15) is 9.75 Å². The maximum Gasteiger partial charge on any atom is 0 e. The summed E-state index contributed by atoms with van der Waals surface area (Å²) in [5, 5.41) is 45.4. The number of aromatic carboxylic acids is 2. The second kappa shape index (κ2) is 37.0. The van der Waals surface area contributed by atoms with E-state index in [4.69, 9.17) is 26.8 Å². The first-order valence-corrected chi connectivity index (χ1v) is 34.5. The molecule has 4 atom stereocenters. The number of thiophene rings is 2. The number of hydrogen-bond acceptors (Lipinski definition) is 6. The van der Waals surface area contributed by atoms with Crippen molar-refractivity contribution in [2.45, 2.75) is 12.8 Å². The Bertz CT molecular complexity index is 3310. The molecule has 16 heteroatoms. The van der Waals surface area contributed by atoms with Crippen molar-refractivity contribution in [3.63, 3.8) is 0 Å². The van der Waals surface area contributed by atoms with E-state index >= 15 is 0 Å². The summed E-state index contributed by atoms with van der Waals surface area (Å²) in [6.45, 7) is 0.486. The molecule has 0 radical (unpaired) electrons. The molecule has 2 aromatic heterocycles. The van der Waals surface area contributed by atoms with Crippen molar-refractivity contribution >= 4 is 160 Å². The van der Waals surface area contributed by atoms with Crippen LogP contribution in [0.15, 0.2) is 235 Å². The number of carboxylic acid groups (broad SMARTS) is 2. The maximum absolute atomic E-state index is 10.9. The topological polar surface area (TPSA) is 115 Å². The first kappa shape index (κ1) is 68.3. The van der Waals surface area contributed by atoms with Crippen molar-refractivity contribution in [3.05, 3.63) is 250 Å². The van der Waals surface area contributed by atoms with E-state index in [2.05, 4.69) is 250 Å². The number of carbonyl (C=O) groups is 2. The third-order valence-corrected chi connectivity index (χ3v) is 20.0. The fraction of sp³-hybridized carbons (Fsp3) is 0.121. The average Bonchev–Trinajstić information content (AvgIpc) is 4.43. The molecular weight excluding hydrogens is 1460 g/mol. The van der Waals surface area contributed by atoms with Crippen molar-refractivity contribution < 1.29 is 63.2 Å². The molecule has 82 heavy (non-hydrogen) atoms. The molecule has 0 spiro atoms. The Hall–Kier alpha value is -4.51. The summed E-state index contributed by atoms with van der Waals surface area (Å²) in [5.41, 5.74) is 0.898. The third-order valence-electron chi connectivity index (χ3n) is 12.4. The third kappa shape index (κ3) is 21.2. The van der Waals surface area contributed by atoms with E-state index < -0.39 is 27.8 Å². The number of terminal acetylenes is 1. The van der Waals surface area contributed by atoms with Crippen LogP contribution in [0, 0.1) is 47.9 Å². The number of aliphatic hydroxyl groups is 2. The van der Waals surface area contributed by atoms with Crippen molar-refractivity contribution in [1.29, 1.82) is 0 Å². The molecule has 2 aliphatic rings. The number of benzene rings is 8. The van der Waals surface area contributed by atoms with E-state index in [0.29, 0.717) is 33.4 Å². The molecule has 0 bridgehead atoms. The molecular formula is C66H55BrCl2CuIO6P2PdS2. The molecule has 12 rings (SSSR count). The zero-order chi connectivity index (χ0) is 57.9. The number of hydrogen-bond donors (Lipinski definition) is 4. The minimum atomic E-state index is -0.891. The molecule has 0 amide bonds. The molecule has 10 aromatic rings. The van der Waals surface area contributed by atoms with Crippen LogP contribution in [-0.2, 0) is 33.2 Å². The zero-order valence-corrected chi connectivity index (χ0v) is 54.8. The van der Waals surface area contributed by atoms with Gasteiger partial charge in [0.05, 0.1) is 0 Å². The second-order valence-electron chi connectivity index (χ2n) is 18.0. The van der Waals surface area contributed by atoms with Gasteiger partial charge in [0, 0.05) is 86.6 Å². The minimum absolute atomic E-state index is 0. The fourth-order valence-corrected chi connectivity index (χ4v) is 15.1. The van der Waals surface area contributed by atoms with Crippen LogP contribution in [0.3, 0.4) is 0 Å². The summed E-state index contributed by atoms with van der Waals surface area (Å²) < 4.78 is 2.91. The predicted octanol–water partition coefficient (Wildman–Crippen LogP) is 15.3. The molecule has 2 fully saturated rings. The van der Waals surface area contributed by atoms with Gasteiger partial charge in [0.25, 0.3) is 0 Å². The average molecular weight is 1520 g/mol. The van der Waals surface area contributed by atoms with Gasteiger partial charge in [0.15, 0.2) is 0 Å². The van der Waals surface area contributed by atoms with Gasteiger partial charge in [-0.25, -0.2) is 9.59 Å². The Morgan fingerprint density at radius 1 is 0.524 bits per heavy atom. The summed E-state index contributed by atoms with van der Waals surface area (Å²) in [6.07, 6.45) is 7.05. The van der Waals surface area contributed by atoms with E-state index in [1.54, 1.807) is 32.5 Å². The van der Waals surface area contributed by atoms with E-state index in [1.807, 2.05) is 36.4 Å². The van der Waals surface area contributed by atoms with Gasteiger partial charge in [0.2, 0.25) is 0 Å². The molecule has 426 valence electrons. The molecule has 0 aliphatic heterocycles. The second-order valence-corrected chi connectivity index (χ2v) is 25.5. The monoisotopic (exact) mass is 1510 g/mol. The van der Waals surface area contributed by atoms with E-state index in [-0.39, 0.29) is 33.6 Å². The summed E-state index contributed by atoms with van der Waals surface area (Å²) in [4.78, 5) is 22.3. The van der Waals surface area contributed by atoms with Crippen LogP contribution in [0.5, 0.6) is 0 Å². The SMILES string of the molecule is C#C[C@H]1C[C@@H]1CO.ClCl.O=C(O)c1cc2ccc(Br)cc2s1.O=C(O)c1cc2ccc(C#C[C@H]3C[C@@H]3CO)cc2s1.[Cu][I].[Pd].c1ccc(P(c2ccccc2)c2ccccc2)cc1.c1ccc(P(c2ccccc2)c2ccccc2)cc1. The van der Waals surface area contributed by atoms with Crippen LogP contribution < -0.4 is 31.8 Å². The normalized spacial score (nSPS) is 14.7. The first-order chi connectivity index (χ1) is 39.6. The summed E-state index contributed by atoms with van der Waals surface area (Å²) in [6, 6.07) is 79.5. The Morgan fingerprint density at radius 2 is 0.841 bits per heavy atom. The Morgan fingerprint density at radius 3 is 1.13 bits per heavy atom. The van der Waals surface area contributed by atoms with Gasteiger partial charge in [-0.3, -0.25) is 0 Å². The van der Waals surface area contributed by atoms with E-state index in [1.165, 1.54) is 54.5 Å². The van der Waals surface area contributed by atoms with Gasteiger partial charge in [-0.2, -0.15) is 0 Å². The van der Waals surface area contributed by atoms with Gasteiger partial charge in [-0.1, -0.05) is 222 Å². The van der Waals surface area contributed by atoms with Crippen molar-refractivity contribution in [3.8, 4) is 24.2 Å². The number of carboxylic acids is 2. The Labute approximate surface area is 542 Å². The largest absolute Gasteiger partial charge is 0.0622 e. The Kier molecular flexibility index (Phi) is 30.8. The van der Waals surface area contributed by atoms with Crippen LogP contribution in [0.25, 0.3) is 20.2 Å². The molecule has 0 unspecified atom stereocenters. The van der Waals surface area contributed by atoms with Crippen molar-refractivity contribution in [1.82, 2.24) is 0 Å². The maximum atomic E-state index is 10.9. The van der Waals surface area contributed by atoms with Gasteiger partial charge in [-0.15, -0.1) is 35.0 Å². The van der Waals surface area contributed by atoms with Crippen LogP contribution >= 0.6 is 96.5 Å². The van der Waals surface area contributed by atoms with Crippen LogP contribution in [0.1, 0.15) is 37.7 Å². The molecule has 2 aliphatic carbocycles. The fourth-order valence-electron chi connectivity index (χ4n) is 8.14. The smallest absolute Gasteiger partial charge is 0 e.